The van der Waals surface area contributed by atoms with Crippen LogP contribution in [0, 0.1) is 0 Å². The maximum atomic E-state index is 12.4. The van der Waals surface area contributed by atoms with Gasteiger partial charge < -0.3 is 4.74 Å². The van der Waals surface area contributed by atoms with Crippen LogP contribution in [0.1, 0.15) is 0 Å². The van der Waals surface area contributed by atoms with Crippen molar-refractivity contribution in [3.8, 4) is 5.75 Å². The highest BCUT2D eigenvalue weighted by Crippen LogP contribution is 2.36. The summed E-state index contributed by atoms with van der Waals surface area (Å²) in [4.78, 5) is 12.5. The van der Waals surface area contributed by atoms with Gasteiger partial charge in [-0.15, -0.1) is 0 Å². The van der Waals surface area contributed by atoms with Crippen molar-refractivity contribution in [2.24, 2.45) is 4.99 Å². The van der Waals surface area contributed by atoms with Crippen LogP contribution in [0.15, 0.2) is 28.1 Å². The summed E-state index contributed by atoms with van der Waals surface area (Å²) in [6, 6.07) is 3.37. The van der Waals surface area contributed by atoms with Gasteiger partial charge in [0.1, 0.15) is 10.6 Å². The van der Waals surface area contributed by atoms with E-state index in [-0.39, 0.29) is 5.69 Å². The minimum absolute atomic E-state index is 0.177. The van der Waals surface area contributed by atoms with Crippen LogP contribution in [0.25, 0.3) is 0 Å². The van der Waals surface area contributed by atoms with E-state index in [1.807, 2.05) is 0 Å². The molecule has 0 bridgehead atoms. The molecule has 0 aliphatic rings. The summed E-state index contributed by atoms with van der Waals surface area (Å²) in [5.41, 5.74) is -0.177. The molecule has 1 aromatic rings. The first-order valence-electron chi connectivity index (χ1n) is 4.22. The molecule has 0 unspecified atom stereocenters. The minimum atomic E-state index is -4.81. The number of carbonyl (C=O) groups excluding carboxylic acids is 1. The summed E-state index contributed by atoms with van der Waals surface area (Å²) in [6.07, 6.45) is 1.18. The monoisotopic (exact) mass is 263 g/mol. The third-order valence-corrected chi connectivity index (χ3v) is 3.27. The first-order valence-corrected chi connectivity index (χ1v) is 5.76. The summed E-state index contributed by atoms with van der Waals surface area (Å²) < 4.78 is 52.0. The first kappa shape index (κ1) is 13.3. The Kier molecular flexibility index (Phi) is 3.93. The Morgan fingerprint density at radius 1 is 1.41 bits per heavy atom. The molecule has 0 N–H and O–H groups in total. The molecular weight excluding hydrogens is 256 g/mol. The lowest BCUT2D eigenvalue weighted by Gasteiger charge is -2.10. The van der Waals surface area contributed by atoms with Crippen molar-refractivity contribution < 1.29 is 26.7 Å². The van der Waals surface area contributed by atoms with Gasteiger partial charge in [0.05, 0.1) is 7.11 Å². The zero-order valence-electron chi connectivity index (χ0n) is 8.55. The fraction of sp³-hybridized carbons (Fsp3) is 0.222. The number of para-hydroxylation sites is 1. The average molecular weight is 263 g/mol. The molecule has 0 saturated carbocycles. The van der Waals surface area contributed by atoms with Crippen LogP contribution >= 0.6 is 0 Å². The van der Waals surface area contributed by atoms with Crippen molar-refractivity contribution in [2.45, 2.75) is 10.7 Å². The Hall–Kier alpha value is -1.79. The molecule has 0 aromatic heterocycles. The van der Waals surface area contributed by atoms with E-state index in [9.17, 15) is 22.0 Å². The Bertz CT molecular complexity index is 564. The van der Waals surface area contributed by atoms with E-state index in [4.69, 9.17) is 0 Å². The van der Waals surface area contributed by atoms with Gasteiger partial charge in [-0.25, -0.2) is 13.2 Å². The van der Waals surface area contributed by atoms with E-state index in [1.165, 1.54) is 18.2 Å². The molecule has 0 saturated heterocycles. The van der Waals surface area contributed by atoms with Crippen molar-refractivity contribution in [2.75, 3.05) is 7.11 Å². The SMILES string of the molecule is COc1c(N=C=O)cccc1S(=O)(=O)C(F)F. The van der Waals surface area contributed by atoms with Crippen molar-refractivity contribution in [1.29, 1.82) is 0 Å². The van der Waals surface area contributed by atoms with E-state index >= 15 is 0 Å². The number of aliphatic imine (C=N–C) groups is 1. The zero-order valence-corrected chi connectivity index (χ0v) is 9.37. The quantitative estimate of drug-likeness (QED) is 0.611. The van der Waals surface area contributed by atoms with E-state index in [1.54, 1.807) is 0 Å². The maximum Gasteiger partial charge on any atom is 0.341 e. The van der Waals surface area contributed by atoms with Crippen molar-refractivity contribution in [1.82, 2.24) is 0 Å². The van der Waals surface area contributed by atoms with Crippen LogP contribution in [0.5, 0.6) is 5.75 Å². The molecule has 1 aromatic carbocycles. The average Bonchev–Trinajstić information content (AvgIpc) is 2.29. The lowest BCUT2D eigenvalue weighted by Crippen LogP contribution is -2.12. The highest BCUT2D eigenvalue weighted by atomic mass is 32.2. The van der Waals surface area contributed by atoms with Gasteiger partial charge in [0.2, 0.25) is 15.9 Å². The van der Waals surface area contributed by atoms with Crippen LogP contribution in [-0.4, -0.2) is 27.4 Å². The van der Waals surface area contributed by atoms with Gasteiger partial charge in [0, 0.05) is 0 Å². The van der Waals surface area contributed by atoms with Gasteiger partial charge >= 0.3 is 5.76 Å². The Labute approximate surface area is 95.7 Å². The molecule has 0 amide bonds. The molecule has 0 fully saturated rings. The second kappa shape index (κ2) is 5.03. The predicted octanol–water partition coefficient (Wildman–Crippen LogP) is 1.66. The van der Waals surface area contributed by atoms with Crippen molar-refractivity contribution in [3.63, 3.8) is 0 Å². The smallest absolute Gasteiger partial charge is 0.341 e. The highest BCUT2D eigenvalue weighted by molar-refractivity contribution is 7.91. The summed E-state index contributed by atoms with van der Waals surface area (Å²) in [6.45, 7) is 0. The highest BCUT2D eigenvalue weighted by Gasteiger charge is 2.30. The second-order valence-electron chi connectivity index (χ2n) is 2.82. The first-order chi connectivity index (χ1) is 7.95. The molecular formula is C9H7F2NO4S. The maximum absolute atomic E-state index is 12.4. The van der Waals surface area contributed by atoms with Crippen LogP contribution in [0.3, 0.4) is 0 Å². The number of hydrogen-bond acceptors (Lipinski definition) is 5. The molecule has 0 spiro atoms. The van der Waals surface area contributed by atoms with E-state index in [0.29, 0.717) is 0 Å². The fourth-order valence-corrected chi connectivity index (χ4v) is 2.07. The van der Waals surface area contributed by atoms with Gasteiger partial charge in [-0.3, -0.25) is 0 Å². The molecule has 8 heteroatoms. The van der Waals surface area contributed by atoms with Crippen molar-refractivity contribution in [3.05, 3.63) is 18.2 Å². The number of isocyanates is 1. The molecule has 92 valence electrons. The minimum Gasteiger partial charge on any atom is -0.493 e. The zero-order chi connectivity index (χ0) is 13.1. The Balaban J connectivity index is 3.56. The van der Waals surface area contributed by atoms with Gasteiger partial charge in [0.15, 0.2) is 5.75 Å². The second-order valence-corrected chi connectivity index (χ2v) is 4.70. The number of benzene rings is 1. The van der Waals surface area contributed by atoms with Crippen LogP contribution < -0.4 is 4.74 Å². The number of halogens is 2. The van der Waals surface area contributed by atoms with Gasteiger partial charge in [-0.05, 0) is 12.1 Å². The third kappa shape index (κ3) is 2.48. The number of nitrogens with zero attached hydrogens (tertiary/aromatic N) is 1. The summed E-state index contributed by atoms with van der Waals surface area (Å²) >= 11 is 0. The number of sulfone groups is 1. The third-order valence-electron chi connectivity index (χ3n) is 1.87. The molecule has 0 atom stereocenters. The lowest BCUT2D eigenvalue weighted by molar-refractivity contribution is 0.234. The van der Waals surface area contributed by atoms with Crippen LogP contribution in [0.2, 0.25) is 0 Å². The fourth-order valence-electron chi connectivity index (χ4n) is 1.17. The number of rotatable bonds is 4. The largest absolute Gasteiger partial charge is 0.493 e. The Morgan fingerprint density at radius 2 is 2.06 bits per heavy atom. The molecule has 0 radical (unpaired) electrons. The molecule has 5 nitrogen and oxygen atoms in total. The van der Waals surface area contributed by atoms with Crippen molar-refractivity contribution >= 4 is 21.6 Å². The van der Waals surface area contributed by atoms with E-state index in [2.05, 4.69) is 9.73 Å². The van der Waals surface area contributed by atoms with E-state index in [0.717, 1.165) is 13.2 Å². The van der Waals surface area contributed by atoms with E-state index < -0.39 is 26.2 Å². The number of ether oxygens (including phenoxy) is 1. The normalized spacial score (nSPS) is 11.1. The number of hydrogen-bond donors (Lipinski definition) is 0. The molecule has 17 heavy (non-hydrogen) atoms. The molecule has 0 heterocycles. The molecule has 0 aliphatic heterocycles. The number of methoxy groups -OCH3 is 1. The standard InChI is InChI=1S/C9H7F2NO4S/c1-16-8-6(12-5-13)3-2-4-7(8)17(14,15)9(10)11/h2-4,9H,1H3. The van der Waals surface area contributed by atoms with Gasteiger partial charge in [0.25, 0.3) is 0 Å². The molecule has 0 aliphatic carbocycles. The number of alkyl halides is 2. The topological polar surface area (TPSA) is 72.8 Å². The van der Waals surface area contributed by atoms with Crippen LogP contribution in [-0.2, 0) is 14.6 Å². The van der Waals surface area contributed by atoms with Gasteiger partial charge in [-0.1, -0.05) is 6.07 Å². The summed E-state index contributed by atoms with van der Waals surface area (Å²) in [7, 11) is -3.72. The molecule has 1 rings (SSSR count). The lowest BCUT2D eigenvalue weighted by atomic mass is 10.3. The Morgan fingerprint density at radius 3 is 2.53 bits per heavy atom. The summed E-state index contributed by atoms with van der Waals surface area (Å²) in [5.74, 6) is -3.98. The van der Waals surface area contributed by atoms with Gasteiger partial charge in [-0.2, -0.15) is 13.8 Å². The predicted molar refractivity (Wildman–Crippen MR) is 54.0 cm³/mol. The summed E-state index contributed by atoms with van der Waals surface area (Å²) in [5, 5.41) is 0. The van der Waals surface area contributed by atoms with Crippen LogP contribution in [0.4, 0.5) is 14.5 Å².